The van der Waals surface area contributed by atoms with Crippen molar-refractivity contribution < 1.29 is 19.4 Å². The van der Waals surface area contributed by atoms with E-state index in [1.807, 2.05) is 44.2 Å². The molecule has 25 heavy (non-hydrogen) atoms. The molecule has 0 saturated carbocycles. The van der Waals surface area contributed by atoms with Gasteiger partial charge in [-0.25, -0.2) is 0 Å². The van der Waals surface area contributed by atoms with Gasteiger partial charge in [0.2, 0.25) is 0 Å². The maximum absolute atomic E-state index is 12.4. The van der Waals surface area contributed by atoms with E-state index in [1.165, 1.54) is 0 Å². The Morgan fingerprint density at radius 2 is 1.84 bits per heavy atom. The van der Waals surface area contributed by atoms with E-state index in [0.29, 0.717) is 11.3 Å². The van der Waals surface area contributed by atoms with E-state index in [0.717, 1.165) is 16.7 Å². The zero-order chi connectivity index (χ0) is 18.4. The number of aliphatic carboxylic acids is 1. The van der Waals surface area contributed by atoms with E-state index in [9.17, 15) is 14.7 Å². The lowest BCUT2D eigenvalue weighted by Gasteiger charge is -2.16. The van der Waals surface area contributed by atoms with Crippen LogP contribution in [0.15, 0.2) is 42.5 Å². The van der Waals surface area contributed by atoms with Gasteiger partial charge in [0, 0.05) is 12.1 Å². The van der Waals surface area contributed by atoms with Crippen LogP contribution in [0.1, 0.15) is 27.0 Å². The molecule has 1 unspecified atom stereocenters. The minimum atomic E-state index is -0.952. The molecule has 0 aliphatic heterocycles. The molecular weight excluding hydrogens is 318 g/mol. The normalized spacial score (nSPS) is 11.6. The zero-order valence-corrected chi connectivity index (χ0v) is 14.7. The second kappa shape index (κ2) is 8.33. The van der Waals surface area contributed by atoms with Gasteiger partial charge in [0.25, 0.3) is 5.91 Å². The van der Waals surface area contributed by atoms with Crippen LogP contribution in [0.3, 0.4) is 0 Å². The molecule has 2 rings (SSSR count). The average molecular weight is 341 g/mol. The van der Waals surface area contributed by atoms with Crippen molar-refractivity contribution in [2.24, 2.45) is 5.92 Å². The number of amides is 1. The van der Waals surface area contributed by atoms with E-state index in [4.69, 9.17) is 4.74 Å². The summed E-state index contributed by atoms with van der Waals surface area (Å²) in [7, 11) is 1.55. The number of nitrogens with one attached hydrogen (secondary N) is 1. The van der Waals surface area contributed by atoms with Gasteiger partial charge in [-0.2, -0.15) is 0 Å². The Hall–Kier alpha value is -2.82. The molecule has 2 aromatic carbocycles. The highest BCUT2D eigenvalue weighted by atomic mass is 16.5. The van der Waals surface area contributed by atoms with Crippen molar-refractivity contribution in [3.8, 4) is 5.75 Å². The average Bonchev–Trinajstić information content (AvgIpc) is 2.60. The number of carboxylic acid groups (broad SMARTS) is 1. The highest BCUT2D eigenvalue weighted by Gasteiger charge is 2.21. The van der Waals surface area contributed by atoms with Crippen molar-refractivity contribution in [2.75, 3.05) is 13.7 Å². The number of aryl methyl sites for hydroxylation is 1. The van der Waals surface area contributed by atoms with E-state index in [-0.39, 0.29) is 18.9 Å². The summed E-state index contributed by atoms with van der Waals surface area (Å²) in [6, 6.07) is 12.8. The minimum absolute atomic E-state index is 0.0552. The van der Waals surface area contributed by atoms with E-state index in [1.54, 1.807) is 19.2 Å². The van der Waals surface area contributed by atoms with Crippen LogP contribution >= 0.6 is 0 Å². The number of benzene rings is 2. The number of hydrogen-bond acceptors (Lipinski definition) is 3. The third kappa shape index (κ3) is 4.59. The van der Waals surface area contributed by atoms with Crippen LogP contribution in [-0.2, 0) is 11.2 Å². The monoisotopic (exact) mass is 341 g/mol. The Bertz CT molecular complexity index is 770. The van der Waals surface area contributed by atoms with E-state index < -0.39 is 11.9 Å². The van der Waals surface area contributed by atoms with Crippen LogP contribution in [0.2, 0.25) is 0 Å². The number of carbonyl (C=O) groups is 2. The molecule has 132 valence electrons. The second-order valence-electron chi connectivity index (χ2n) is 6.01. The lowest BCUT2D eigenvalue weighted by Crippen LogP contribution is -2.34. The number of carboxylic acids is 1. The fourth-order valence-electron chi connectivity index (χ4n) is 2.69. The second-order valence-corrected chi connectivity index (χ2v) is 6.01. The first-order chi connectivity index (χ1) is 11.9. The van der Waals surface area contributed by atoms with Gasteiger partial charge in [0.15, 0.2) is 0 Å². The fraction of sp³-hybridized carbons (Fsp3) is 0.300. The number of ether oxygens (including phenoxy) is 1. The lowest BCUT2D eigenvalue weighted by molar-refractivity contribution is -0.141. The smallest absolute Gasteiger partial charge is 0.308 e. The molecule has 2 aromatic rings. The van der Waals surface area contributed by atoms with Crippen molar-refractivity contribution in [1.82, 2.24) is 5.32 Å². The largest absolute Gasteiger partial charge is 0.496 e. The standard InChI is InChI=1S/C20H23NO4/c1-13-7-6-9-17(14(13)2)19(22)21-12-16(20(23)24)11-15-8-4-5-10-18(15)25-3/h4-10,16H,11-12H2,1-3H3,(H,21,22)(H,23,24). The highest BCUT2D eigenvalue weighted by molar-refractivity contribution is 5.96. The molecule has 0 bridgehead atoms. The number of carbonyl (C=O) groups excluding carboxylic acids is 1. The maximum atomic E-state index is 12.4. The van der Waals surface area contributed by atoms with Gasteiger partial charge in [-0.05, 0) is 49.1 Å². The Morgan fingerprint density at radius 1 is 1.12 bits per heavy atom. The van der Waals surface area contributed by atoms with Crippen LogP contribution in [0.25, 0.3) is 0 Å². The molecule has 1 amide bonds. The Kier molecular flexibility index (Phi) is 6.17. The molecule has 0 aliphatic carbocycles. The van der Waals surface area contributed by atoms with Gasteiger partial charge >= 0.3 is 5.97 Å². The van der Waals surface area contributed by atoms with Crippen molar-refractivity contribution >= 4 is 11.9 Å². The minimum Gasteiger partial charge on any atom is -0.496 e. The Labute approximate surface area is 147 Å². The van der Waals surface area contributed by atoms with Crippen LogP contribution in [0.4, 0.5) is 0 Å². The topological polar surface area (TPSA) is 75.6 Å². The predicted molar refractivity (Wildman–Crippen MR) is 96.1 cm³/mol. The van der Waals surface area contributed by atoms with Crippen LogP contribution in [-0.4, -0.2) is 30.6 Å². The van der Waals surface area contributed by atoms with Gasteiger partial charge in [-0.3, -0.25) is 9.59 Å². The van der Waals surface area contributed by atoms with Crippen molar-refractivity contribution in [3.05, 3.63) is 64.7 Å². The van der Waals surface area contributed by atoms with E-state index in [2.05, 4.69) is 5.32 Å². The summed E-state index contributed by atoms with van der Waals surface area (Å²) < 4.78 is 5.27. The quantitative estimate of drug-likeness (QED) is 0.812. The molecule has 5 heteroatoms. The van der Waals surface area contributed by atoms with Crippen molar-refractivity contribution in [1.29, 1.82) is 0 Å². The first-order valence-corrected chi connectivity index (χ1v) is 8.13. The van der Waals surface area contributed by atoms with Crippen LogP contribution < -0.4 is 10.1 Å². The zero-order valence-electron chi connectivity index (χ0n) is 14.7. The summed E-state index contributed by atoms with van der Waals surface area (Å²) in [6.07, 6.45) is 0.284. The summed E-state index contributed by atoms with van der Waals surface area (Å²) >= 11 is 0. The first kappa shape index (κ1) is 18.5. The Balaban J connectivity index is 2.08. The summed E-state index contributed by atoms with van der Waals surface area (Å²) in [5.41, 5.74) is 3.30. The fourth-order valence-corrected chi connectivity index (χ4v) is 2.69. The van der Waals surface area contributed by atoms with Gasteiger partial charge in [0.05, 0.1) is 13.0 Å². The molecule has 0 heterocycles. The first-order valence-electron chi connectivity index (χ1n) is 8.13. The van der Waals surface area contributed by atoms with Gasteiger partial charge < -0.3 is 15.2 Å². The molecule has 0 fully saturated rings. The third-order valence-electron chi connectivity index (χ3n) is 4.37. The molecule has 0 spiro atoms. The molecule has 0 aliphatic rings. The van der Waals surface area contributed by atoms with E-state index >= 15 is 0 Å². The Morgan fingerprint density at radius 3 is 2.52 bits per heavy atom. The summed E-state index contributed by atoms with van der Waals surface area (Å²) in [5, 5.41) is 12.2. The maximum Gasteiger partial charge on any atom is 0.308 e. The van der Waals surface area contributed by atoms with Crippen molar-refractivity contribution in [2.45, 2.75) is 20.3 Å². The summed E-state index contributed by atoms with van der Waals surface area (Å²) in [6.45, 7) is 3.88. The van der Waals surface area contributed by atoms with Crippen LogP contribution in [0, 0.1) is 19.8 Å². The number of hydrogen-bond donors (Lipinski definition) is 2. The number of methoxy groups -OCH3 is 1. The number of para-hydroxylation sites is 1. The van der Waals surface area contributed by atoms with Gasteiger partial charge in [-0.1, -0.05) is 30.3 Å². The third-order valence-corrected chi connectivity index (χ3v) is 4.37. The molecule has 0 radical (unpaired) electrons. The molecule has 2 N–H and O–H groups in total. The summed E-state index contributed by atoms with van der Waals surface area (Å²) in [5.74, 6) is -1.29. The number of rotatable bonds is 7. The summed E-state index contributed by atoms with van der Waals surface area (Å²) in [4.78, 5) is 24.0. The van der Waals surface area contributed by atoms with Gasteiger partial charge in [0.1, 0.15) is 5.75 Å². The lowest BCUT2D eigenvalue weighted by atomic mass is 9.98. The SMILES string of the molecule is COc1ccccc1CC(CNC(=O)c1cccc(C)c1C)C(=O)O. The predicted octanol–water partition coefficient (Wildman–Crippen LogP) is 2.99. The highest BCUT2D eigenvalue weighted by Crippen LogP contribution is 2.21. The van der Waals surface area contributed by atoms with Gasteiger partial charge in [-0.15, -0.1) is 0 Å². The molecule has 5 nitrogen and oxygen atoms in total. The molecule has 0 saturated heterocycles. The molecule has 1 atom stereocenters. The molecule has 0 aromatic heterocycles. The van der Waals surface area contributed by atoms with Crippen LogP contribution in [0.5, 0.6) is 5.75 Å². The van der Waals surface area contributed by atoms with Crippen molar-refractivity contribution in [3.63, 3.8) is 0 Å². The molecular formula is C20H23NO4.